The summed E-state index contributed by atoms with van der Waals surface area (Å²) in [6.45, 7) is 0. The zero-order valence-corrected chi connectivity index (χ0v) is 34.1. The highest BCUT2D eigenvalue weighted by molar-refractivity contribution is 6.27. The number of nitrogens with zero attached hydrogens (tertiary/aromatic N) is 3. The fraction of sp³-hybridized carbons (Fsp3) is 0. The lowest BCUT2D eigenvalue weighted by molar-refractivity contribution is 0.669. The zero-order chi connectivity index (χ0) is 41.7. The van der Waals surface area contributed by atoms with Gasteiger partial charge in [0.1, 0.15) is 11.2 Å². The van der Waals surface area contributed by atoms with E-state index in [4.69, 9.17) is 19.4 Å². The lowest BCUT2D eigenvalue weighted by atomic mass is 9.88. The van der Waals surface area contributed by atoms with Crippen molar-refractivity contribution in [3.05, 3.63) is 224 Å². The largest absolute Gasteiger partial charge is 0.456 e. The Morgan fingerprint density at radius 2 is 0.794 bits per heavy atom. The summed E-state index contributed by atoms with van der Waals surface area (Å²) in [7, 11) is 0. The van der Waals surface area contributed by atoms with Gasteiger partial charge in [0.15, 0.2) is 5.82 Å². The number of fused-ring (bicyclic) bond motifs is 6. The van der Waals surface area contributed by atoms with Gasteiger partial charge in [-0.25, -0.2) is 15.0 Å². The molecule has 0 aliphatic carbocycles. The zero-order valence-electron chi connectivity index (χ0n) is 34.1. The van der Waals surface area contributed by atoms with Crippen molar-refractivity contribution in [2.24, 2.45) is 0 Å². The van der Waals surface area contributed by atoms with Crippen LogP contribution in [0.1, 0.15) is 0 Å². The number of benzene rings is 9. The van der Waals surface area contributed by atoms with Gasteiger partial charge in [-0.05, 0) is 58.1 Å². The number of furan rings is 1. The van der Waals surface area contributed by atoms with Crippen molar-refractivity contribution in [1.29, 1.82) is 0 Å². The third-order valence-electron chi connectivity index (χ3n) is 12.1. The second kappa shape index (κ2) is 15.2. The molecule has 3 heterocycles. The topological polar surface area (TPSA) is 51.8 Å². The third kappa shape index (κ3) is 6.53. The van der Waals surface area contributed by atoms with Gasteiger partial charge < -0.3 is 4.42 Å². The summed E-state index contributed by atoms with van der Waals surface area (Å²) in [5, 5.41) is 5.44. The van der Waals surface area contributed by atoms with Crippen molar-refractivity contribution in [3.63, 3.8) is 0 Å². The van der Waals surface area contributed by atoms with E-state index in [1.165, 1.54) is 16.7 Å². The average Bonchev–Trinajstić information content (AvgIpc) is 3.74. The second-order valence-corrected chi connectivity index (χ2v) is 15.9. The summed E-state index contributed by atoms with van der Waals surface area (Å²) >= 11 is 0. The predicted octanol–water partition coefficient (Wildman–Crippen LogP) is 15.7. The highest BCUT2D eigenvalue weighted by Crippen LogP contribution is 2.47. The fourth-order valence-corrected chi connectivity index (χ4v) is 9.03. The van der Waals surface area contributed by atoms with Crippen LogP contribution in [-0.2, 0) is 0 Å². The first-order valence-corrected chi connectivity index (χ1v) is 21.3. The van der Waals surface area contributed by atoms with Gasteiger partial charge in [-0.2, -0.15) is 0 Å². The minimum Gasteiger partial charge on any atom is -0.456 e. The monoisotopic (exact) mass is 803 g/mol. The van der Waals surface area contributed by atoms with Crippen LogP contribution in [0.25, 0.3) is 122 Å². The Labute approximate surface area is 364 Å². The summed E-state index contributed by atoms with van der Waals surface area (Å²) in [5.74, 6) is 0.671. The fourth-order valence-electron chi connectivity index (χ4n) is 9.03. The molecule has 0 radical (unpaired) electrons. The molecule has 0 saturated carbocycles. The summed E-state index contributed by atoms with van der Waals surface area (Å²) in [5.41, 5.74) is 16.1. The van der Waals surface area contributed by atoms with Gasteiger partial charge in [0.2, 0.25) is 0 Å². The van der Waals surface area contributed by atoms with Crippen LogP contribution in [0.5, 0.6) is 0 Å². The first-order valence-electron chi connectivity index (χ1n) is 21.3. The minimum atomic E-state index is 0.671. The van der Waals surface area contributed by atoms with Gasteiger partial charge in [0.05, 0.1) is 22.6 Å². The summed E-state index contributed by atoms with van der Waals surface area (Å²) in [6.07, 6.45) is 0. The van der Waals surface area contributed by atoms with Gasteiger partial charge in [0.25, 0.3) is 0 Å². The number of rotatable bonds is 7. The maximum absolute atomic E-state index is 6.71. The molecule has 0 aliphatic rings. The Morgan fingerprint density at radius 1 is 0.286 bits per heavy atom. The first kappa shape index (κ1) is 36.4. The average molecular weight is 804 g/mol. The number of hydrogen-bond acceptors (Lipinski definition) is 4. The number of hydrogen-bond donors (Lipinski definition) is 0. The Bertz CT molecular complexity index is 3640. The van der Waals surface area contributed by atoms with E-state index in [-0.39, 0.29) is 0 Å². The van der Waals surface area contributed by atoms with E-state index in [0.717, 1.165) is 99.6 Å². The summed E-state index contributed by atoms with van der Waals surface area (Å²) in [6, 6.07) is 78.5. The Hall–Kier alpha value is -8.47. The van der Waals surface area contributed by atoms with Gasteiger partial charge in [-0.3, -0.25) is 0 Å². The van der Waals surface area contributed by atoms with E-state index >= 15 is 0 Å². The quantitative estimate of drug-likeness (QED) is 0.151. The molecular weight excluding hydrogens is 767 g/mol. The molecule has 0 amide bonds. The van der Waals surface area contributed by atoms with E-state index in [1.54, 1.807) is 0 Å². The van der Waals surface area contributed by atoms with Crippen molar-refractivity contribution in [3.8, 4) is 78.5 Å². The molecule has 0 aliphatic heterocycles. The molecule has 12 rings (SSSR count). The number of aromatic nitrogens is 3. The van der Waals surface area contributed by atoms with E-state index < -0.39 is 0 Å². The Balaban J connectivity index is 1.06. The van der Waals surface area contributed by atoms with E-state index in [9.17, 15) is 0 Å². The molecule has 0 saturated heterocycles. The van der Waals surface area contributed by atoms with Crippen LogP contribution in [0.4, 0.5) is 0 Å². The molecule has 294 valence electrons. The van der Waals surface area contributed by atoms with E-state index in [1.807, 2.05) is 30.3 Å². The van der Waals surface area contributed by atoms with Crippen molar-refractivity contribution >= 4 is 43.6 Å². The van der Waals surface area contributed by atoms with Gasteiger partial charge >= 0.3 is 0 Å². The molecule has 4 nitrogen and oxygen atoms in total. The maximum atomic E-state index is 6.71. The lowest BCUT2D eigenvalue weighted by Gasteiger charge is -2.16. The van der Waals surface area contributed by atoms with Crippen LogP contribution in [0.15, 0.2) is 229 Å². The molecule has 9 aromatic carbocycles. The van der Waals surface area contributed by atoms with Crippen molar-refractivity contribution in [1.82, 2.24) is 15.0 Å². The number of para-hydroxylation sites is 2. The van der Waals surface area contributed by atoms with Crippen LogP contribution in [0.2, 0.25) is 0 Å². The molecule has 4 heteroatoms. The molecule has 63 heavy (non-hydrogen) atoms. The van der Waals surface area contributed by atoms with Crippen LogP contribution < -0.4 is 0 Å². The Morgan fingerprint density at radius 3 is 1.48 bits per heavy atom. The third-order valence-corrected chi connectivity index (χ3v) is 12.1. The van der Waals surface area contributed by atoms with Crippen molar-refractivity contribution < 1.29 is 4.42 Å². The molecule has 3 aromatic heterocycles. The Kier molecular flexibility index (Phi) is 8.79. The smallest absolute Gasteiger partial charge is 0.160 e. The molecule has 12 aromatic rings. The summed E-state index contributed by atoms with van der Waals surface area (Å²) in [4.78, 5) is 15.8. The number of pyridine rings is 1. The van der Waals surface area contributed by atoms with Gasteiger partial charge in [-0.1, -0.05) is 194 Å². The maximum Gasteiger partial charge on any atom is 0.160 e. The second-order valence-electron chi connectivity index (χ2n) is 15.9. The van der Waals surface area contributed by atoms with E-state index in [2.05, 4.69) is 194 Å². The minimum absolute atomic E-state index is 0.671. The van der Waals surface area contributed by atoms with Crippen LogP contribution >= 0.6 is 0 Å². The molecule has 0 fully saturated rings. The van der Waals surface area contributed by atoms with Crippen LogP contribution in [-0.4, -0.2) is 15.0 Å². The molecule has 0 atom stereocenters. The molecule has 0 bridgehead atoms. The molecule has 0 spiro atoms. The molecular formula is C59H37N3O. The molecule has 0 unspecified atom stereocenters. The lowest BCUT2D eigenvalue weighted by Crippen LogP contribution is -1.97. The van der Waals surface area contributed by atoms with E-state index in [0.29, 0.717) is 5.82 Å². The molecule has 0 N–H and O–H groups in total. The van der Waals surface area contributed by atoms with Crippen molar-refractivity contribution in [2.45, 2.75) is 0 Å². The highest BCUT2D eigenvalue weighted by Gasteiger charge is 2.22. The predicted molar refractivity (Wildman–Crippen MR) is 260 cm³/mol. The SMILES string of the molecule is c1ccc(-c2ccc(-c3cc(-c4cccc(-c5nc6ccccc6c6c(-c7ccc(-c8ccccc8)cc7)c7c(cc56)oc5ccccc57)c4)nc(-c4ccccc4)n3)cc2)cc1. The summed E-state index contributed by atoms with van der Waals surface area (Å²) < 4.78 is 6.71. The van der Waals surface area contributed by atoms with Gasteiger partial charge in [-0.15, -0.1) is 0 Å². The van der Waals surface area contributed by atoms with Crippen LogP contribution in [0, 0.1) is 0 Å². The standard InChI is InChI=1S/C59H37N3O/c1-4-15-38(16-5-1)40-27-31-42(32-28-40)51-37-52(62-59(61-51)44-19-8-3-9-20-44)45-21-14-22-46(35-45)58-49-36-54-57(48-24-11-13-26-53(48)63-54)55(56(49)47-23-10-12-25-50(47)60-58)43-33-29-41(30-34-43)39-17-6-2-7-18-39/h1-37H. The van der Waals surface area contributed by atoms with Crippen molar-refractivity contribution in [2.75, 3.05) is 0 Å². The van der Waals surface area contributed by atoms with Gasteiger partial charge in [0, 0.05) is 54.7 Å². The highest BCUT2D eigenvalue weighted by atomic mass is 16.3. The first-order chi connectivity index (χ1) is 31.2. The van der Waals surface area contributed by atoms with Crippen LogP contribution in [0.3, 0.4) is 0 Å². The normalized spacial score (nSPS) is 11.5.